The zero-order valence-corrected chi connectivity index (χ0v) is 18.5. The van der Waals surface area contributed by atoms with Crippen LogP contribution >= 0.6 is 0 Å². The van der Waals surface area contributed by atoms with E-state index in [0.717, 1.165) is 6.42 Å². The molecular formula is C22H33N3O5. The molecule has 2 atom stereocenters. The number of alkyl carbamates (subject to hydrolysis) is 1. The minimum atomic E-state index is -0.745. The molecule has 0 aromatic rings. The van der Waals surface area contributed by atoms with E-state index in [2.05, 4.69) is 10.6 Å². The molecule has 0 aromatic heterocycles. The Morgan fingerprint density at radius 2 is 1.73 bits per heavy atom. The summed E-state index contributed by atoms with van der Waals surface area (Å²) in [6, 6.07) is 0. The molecule has 0 spiro atoms. The molecule has 0 fully saturated rings. The van der Waals surface area contributed by atoms with E-state index in [-0.39, 0.29) is 29.7 Å². The second kappa shape index (κ2) is 9.45. The summed E-state index contributed by atoms with van der Waals surface area (Å²) in [5.41, 5.74) is -1.37. The fraction of sp³-hybridized carbons (Fsp3) is 0.636. The fourth-order valence-corrected chi connectivity index (χ4v) is 4.35. The van der Waals surface area contributed by atoms with Gasteiger partial charge in [-0.25, -0.2) is 4.79 Å². The second-order valence-electron chi connectivity index (χ2n) is 9.18. The molecule has 2 unspecified atom stereocenters. The first-order valence-corrected chi connectivity index (χ1v) is 10.4. The van der Waals surface area contributed by atoms with Gasteiger partial charge in [0.15, 0.2) is 0 Å². The molecule has 0 bridgehead atoms. The number of carbonyl (C=O) groups is 4. The van der Waals surface area contributed by atoms with Crippen LogP contribution in [-0.4, -0.2) is 52.9 Å². The van der Waals surface area contributed by atoms with Gasteiger partial charge in [-0.15, -0.1) is 0 Å². The van der Waals surface area contributed by atoms with Crippen molar-refractivity contribution in [3.8, 4) is 0 Å². The number of rotatable bonds is 6. The molecular weight excluding hydrogens is 386 g/mol. The molecule has 2 rings (SSSR count). The molecule has 1 heterocycles. The van der Waals surface area contributed by atoms with Gasteiger partial charge in [0, 0.05) is 36.2 Å². The van der Waals surface area contributed by atoms with Crippen LogP contribution < -0.4 is 10.6 Å². The van der Waals surface area contributed by atoms with Crippen LogP contribution in [0.5, 0.6) is 0 Å². The lowest BCUT2D eigenvalue weighted by molar-refractivity contribution is -0.143. The van der Waals surface area contributed by atoms with Gasteiger partial charge < -0.3 is 15.4 Å². The van der Waals surface area contributed by atoms with E-state index in [1.54, 1.807) is 0 Å². The van der Waals surface area contributed by atoms with Crippen LogP contribution in [0.25, 0.3) is 0 Å². The molecule has 1 aliphatic carbocycles. The first-order chi connectivity index (χ1) is 13.9. The van der Waals surface area contributed by atoms with Crippen LogP contribution in [0, 0.1) is 5.92 Å². The summed E-state index contributed by atoms with van der Waals surface area (Å²) in [5.74, 6) is -0.936. The van der Waals surface area contributed by atoms with Gasteiger partial charge in [0.2, 0.25) is 5.91 Å². The van der Waals surface area contributed by atoms with Crippen molar-refractivity contribution in [2.24, 2.45) is 5.92 Å². The van der Waals surface area contributed by atoms with Crippen molar-refractivity contribution in [3.63, 3.8) is 0 Å². The summed E-state index contributed by atoms with van der Waals surface area (Å²) in [4.78, 5) is 49.8. The topological polar surface area (TPSA) is 105 Å². The molecule has 0 saturated carbocycles. The average molecular weight is 420 g/mol. The Bertz CT molecular complexity index is 736. The molecule has 2 N–H and O–H groups in total. The number of imide groups is 1. The first-order valence-electron chi connectivity index (χ1n) is 10.4. The first kappa shape index (κ1) is 23.6. The number of hydrogen-bond donors (Lipinski definition) is 2. The third-order valence-electron chi connectivity index (χ3n) is 5.42. The van der Waals surface area contributed by atoms with E-state index in [1.807, 2.05) is 39.8 Å². The van der Waals surface area contributed by atoms with Crippen LogP contribution in [0.15, 0.2) is 24.3 Å². The molecule has 0 saturated heterocycles. The molecule has 30 heavy (non-hydrogen) atoms. The number of allylic oxidation sites excluding steroid dienone is 1. The highest BCUT2D eigenvalue weighted by Gasteiger charge is 2.41. The predicted octanol–water partition coefficient (Wildman–Crippen LogP) is 2.45. The van der Waals surface area contributed by atoms with Crippen molar-refractivity contribution < 1.29 is 23.9 Å². The third kappa shape index (κ3) is 6.18. The monoisotopic (exact) mass is 419 g/mol. The largest absolute Gasteiger partial charge is 0.442 e. The fourth-order valence-electron chi connectivity index (χ4n) is 4.35. The Morgan fingerprint density at radius 1 is 1.10 bits per heavy atom. The highest BCUT2D eigenvalue weighted by molar-refractivity contribution is 6.13. The van der Waals surface area contributed by atoms with Crippen LogP contribution in [0.1, 0.15) is 59.8 Å². The number of nitrogens with zero attached hydrogens (tertiary/aromatic N) is 1. The lowest BCUT2D eigenvalue weighted by atomic mass is 9.84. The van der Waals surface area contributed by atoms with Gasteiger partial charge >= 0.3 is 6.09 Å². The maximum atomic E-state index is 13.0. The Balaban J connectivity index is 1.98. The van der Waals surface area contributed by atoms with E-state index >= 15 is 0 Å². The zero-order valence-electron chi connectivity index (χ0n) is 18.5. The predicted molar refractivity (Wildman–Crippen MR) is 112 cm³/mol. The molecule has 1 aliphatic heterocycles. The summed E-state index contributed by atoms with van der Waals surface area (Å²) in [7, 11) is 1.51. The van der Waals surface area contributed by atoms with Gasteiger partial charge in [-0.2, -0.15) is 0 Å². The van der Waals surface area contributed by atoms with Crippen molar-refractivity contribution in [2.75, 3.05) is 7.05 Å². The molecule has 166 valence electrons. The number of amides is 4. The third-order valence-corrected chi connectivity index (χ3v) is 5.42. The molecule has 8 heteroatoms. The average Bonchev–Trinajstić information content (AvgIpc) is 2.95. The Morgan fingerprint density at radius 3 is 2.33 bits per heavy atom. The van der Waals surface area contributed by atoms with E-state index in [1.165, 1.54) is 24.1 Å². The Labute approximate surface area is 178 Å². The van der Waals surface area contributed by atoms with Crippen molar-refractivity contribution in [1.82, 2.24) is 15.5 Å². The summed E-state index contributed by atoms with van der Waals surface area (Å²) in [6.07, 6.45) is 8.53. The van der Waals surface area contributed by atoms with Gasteiger partial charge in [-0.05, 0) is 65.9 Å². The van der Waals surface area contributed by atoms with Crippen LogP contribution in [0.3, 0.4) is 0 Å². The number of nitrogens with one attached hydrogen (secondary N) is 2. The normalized spacial score (nSPS) is 23.6. The summed E-state index contributed by atoms with van der Waals surface area (Å²) < 4.78 is 5.30. The second-order valence-corrected chi connectivity index (χ2v) is 9.18. The van der Waals surface area contributed by atoms with Gasteiger partial charge in [-0.3, -0.25) is 19.3 Å². The zero-order chi connectivity index (χ0) is 22.5. The lowest BCUT2D eigenvalue weighted by Gasteiger charge is -2.41. The van der Waals surface area contributed by atoms with E-state index in [0.29, 0.717) is 25.7 Å². The lowest BCUT2D eigenvalue weighted by Crippen LogP contribution is -2.56. The molecule has 2 aliphatic rings. The van der Waals surface area contributed by atoms with Gasteiger partial charge in [0.05, 0.1) is 0 Å². The minimum absolute atomic E-state index is 0.0676. The Kier molecular flexibility index (Phi) is 7.44. The highest BCUT2D eigenvalue weighted by atomic mass is 16.6. The van der Waals surface area contributed by atoms with Crippen molar-refractivity contribution in [1.29, 1.82) is 0 Å². The molecule has 4 amide bonds. The number of ether oxygens (including phenoxy) is 1. The molecule has 8 nitrogen and oxygen atoms in total. The van der Waals surface area contributed by atoms with Crippen LogP contribution in [0.2, 0.25) is 0 Å². The highest BCUT2D eigenvalue weighted by Crippen LogP contribution is 2.30. The molecule has 0 aromatic carbocycles. The minimum Gasteiger partial charge on any atom is -0.442 e. The van der Waals surface area contributed by atoms with E-state index in [4.69, 9.17) is 4.74 Å². The van der Waals surface area contributed by atoms with E-state index in [9.17, 15) is 19.2 Å². The van der Waals surface area contributed by atoms with Crippen molar-refractivity contribution >= 4 is 23.8 Å². The van der Waals surface area contributed by atoms with E-state index < -0.39 is 17.2 Å². The number of hydrogen-bond acceptors (Lipinski definition) is 5. The summed E-state index contributed by atoms with van der Waals surface area (Å²) in [6.45, 7) is 7.44. The van der Waals surface area contributed by atoms with Crippen LogP contribution in [0.4, 0.5) is 4.79 Å². The van der Waals surface area contributed by atoms with Crippen molar-refractivity contribution in [2.45, 2.75) is 77.0 Å². The smallest absolute Gasteiger partial charge is 0.407 e. The SMILES string of the molecule is CNC(=O)OC1/C=C/CCC(C(=O)NC(C)(C)CC(C)(C)N2C(=O)C=CC2=O)CC1. The standard InChI is InChI=1S/C22H33N3O5/c1-21(2,14-22(3,4)25-17(26)12-13-18(25)27)24-19(28)15-8-6-7-9-16(11-10-15)30-20(29)23-5/h7,9,12-13,15-16H,6,8,10-11,14H2,1-5H3,(H,23,29)(H,24,28)/b9-7+. The summed E-state index contributed by atoms with van der Waals surface area (Å²) in [5, 5.41) is 5.53. The summed E-state index contributed by atoms with van der Waals surface area (Å²) >= 11 is 0. The van der Waals surface area contributed by atoms with Crippen molar-refractivity contribution in [3.05, 3.63) is 24.3 Å². The van der Waals surface area contributed by atoms with Gasteiger partial charge in [0.1, 0.15) is 6.10 Å². The maximum Gasteiger partial charge on any atom is 0.407 e. The number of carbonyl (C=O) groups excluding carboxylic acids is 4. The van der Waals surface area contributed by atoms with Crippen LogP contribution in [-0.2, 0) is 19.1 Å². The molecule has 0 radical (unpaired) electrons. The quantitative estimate of drug-likeness (QED) is 0.508. The Hall–Kier alpha value is -2.64. The van der Waals surface area contributed by atoms with Gasteiger partial charge in [-0.1, -0.05) is 6.08 Å². The maximum absolute atomic E-state index is 13.0. The van der Waals surface area contributed by atoms with Gasteiger partial charge in [0.25, 0.3) is 11.8 Å².